The molecule has 0 heterocycles. The second kappa shape index (κ2) is 25.1. The molecular formula is C37H70O9S2. The number of aliphatic hydroxyl groups is 8. The molecule has 0 saturated heterocycles. The van der Waals surface area contributed by atoms with Crippen LogP contribution in [0.1, 0.15) is 128 Å². The van der Waals surface area contributed by atoms with Crippen molar-refractivity contribution >= 4 is 29.3 Å². The normalized spacial score (nSPS) is 19.7. The van der Waals surface area contributed by atoms with Gasteiger partial charge in [-0.05, 0) is 74.7 Å². The summed E-state index contributed by atoms with van der Waals surface area (Å²) in [6.45, 7) is -2.86. The number of carbonyl (C=O) groups excluding carboxylic acids is 1. The maximum Gasteiger partial charge on any atom is 0.132 e. The molecule has 0 aromatic carbocycles. The van der Waals surface area contributed by atoms with Gasteiger partial charge in [-0.15, -0.1) is 0 Å². The Hall–Kier alpha value is 0.0500. The van der Waals surface area contributed by atoms with Gasteiger partial charge < -0.3 is 40.9 Å². The van der Waals surface area contributed by atoms with Crippen LogP contribution >= 0.6 is 23.5 Å². The van der Waals surface area contributed by atoms with Gasteiger partial charge >= 0.3 is 0 Å². The highest BCUT2D eigenvalue weighted by molar-refractivity contribution is 8.00. The lowest BCUT2D eigenvalue weighted by Crippen LogP contribution is -2.49. The molecule has 0 aromatic rings. The average molecular weight is 723 g/mol. The molecule has 0 spiro atoms. The van der Waals surface area contributed by atoms with Crippen LogP contribution in [-0.2, 0) is 4.79 Å². The Morgan fingerprint density at radius 1 is 0.521 bits per heavy atom. The zero-order valence-corrected chi connectivity index (χ0v) is 31.2. The molecule has 8 N–H and O–H groups in total. The molecule has 0 bridgehead atoms. The molecule has 48 heavy (non-hydrogen) atoms. The maximum absolute atomic E-state index is 12.7. The first-order valence-corrected chi connectivity index (χ1v) is 21.1. The lowest BCUT2D eigenvalue weighted by molar-refractivity contribution is -0.119. The van der Waals surface area contributed by atoms with Crippen molar-refractivity contribution in [3.63, 3.8) is 0 Å². The third-order valence-corrected chi connectivity index (χ3v) is 14.4. The van der Waals surface area contributed by atoms with Crippen LogP contribution in [0.3, 0.4) is 0 Å². The molecule has 2 rings (SSSR count). The number of ketones is 1. The van der Waals surface area contributed by atoms with Crippen molar-refractivity contribution in [2.24, 2.45) is 22.7 Å². The van der Waals surface area contributed by atoms with Crippen molar-refractivity contribution in [1.82, 2.24) is 0 Å². The summed E-state index contributed by atoms with van der Waals surface area (Å²) in [6, 6.07) is 0. The van der Waals surface area contributed by atoms with Crippen molar-refractivity contribution in [3.05, 3.63) is 0 Å². The Morgan fingerprint density at radius 2 is 0.854 bits per heavy atom. The van der Waals surface area contributed by atoms with Crippen molar-refractivity contribution in [2.75, 3.05) is 51.1 Å². The van der Waals surface area contributed by atoms with E-state index in [4.69, 9.17) is 0 Å². The van der Waals surface area contributed by atoms with E-state index in [0.717, 1.165) is 50.0 Å². The molecule has 0 aromatic heterocycles. The molecule has 9 nitrogen and oxygen atoms in total. The zero-order chi connectivity index (χ0) is 35.3. The highest BCUT2D eigenvalue weighted by Gasteiger charge is 2.42. The lowest BCUT2D eigenvalue weighted by Gasteiger charge is -2.38. The number of hydrogen-bond acceptors (Lipinski definition) is 11. The number of Topliss-reactive ketones (excluding diaryl/α,β-unsaturated/α-hetero) is 1. The van der Waals surface area contributed by atoms with Crippen molar-refractivity contribution in [2.45, 2.75) is 151 Å². The van der Waals surface area contributed by atoms with E-state index in [0.29, 0.717) is 36.2 Å². The first-order chi connectivity index (χ1) is 23.2. The Kier molecular flexibility index (Phi) is 23.1. The summed E-state index contributed by atoms with van der Waals surface area (Å²) in [5.41, 5.74) is -2.64. The first-order valence-electron chi connectivity index (χ1n) is 19.0. The Bertz CT molecular complexity index is 734. The number of hydrogen-bond donors (Lipinski definition) is 8. The van der Waals surface area contributed by atoms with E-state index in [1.54, 1.807) is 0 Å². The minimum atomic E-state index is -1.32. The largest absolute Gasteiger partial charge is 0.396 e. The van der Waals surface area contributed by atoms with Crippen LogP contribution in [0.5, 0.6) is 0 Å². The van der Waals surface area contributed by atoms with E-state index in [1.165, 1.54) is 64.2 Å². The van der Waals surface area contributed by atoms with Crippen LogP contribution in [0.15, 0.2) is 0 Å². The van der Waals surface area contributed by atoms with Crippen LogP contribution < -0.4 is 0 Å². The van der Waals surface area contributed by atoms with E-state index in [9.17, 15) is 45.6 Å². The molecule has 11 heteroatoms. The van der Waals surface area contributed by atoms with E-state index < -0.39 is 62.7 Å². The highest BCUT2D eigenvalue weighted by atomic mass is 32.2. The van der Waals surface area contributed by atoms with Crippen LogP contribution in [0, 0.1) is 22.7 Å². The monoisotopic (exact) mass is 722 g/mol. The van der Waals surface area contributed by atoms with Gasteiger partial charge in [-0.2, -0.15) is 23.5 Å². The van der Waals surface area contributed by atoms with E-state index in [-0.39, 0.29) is 17.6 Å². The number of carbonyl (C=O) groups is 1. The minimum absolute atomic E-state index is 0.153. The van der Waals surface area contributed by atoms with Gasteiger partial charge in [0.25, 0.3) is 0 Å². The molecule has 284 valence electrons. The summed E-state index contributed by atoms with van der Waals surface area (Å²) in [5.74, 6) is 1.39. The Morgan fingerprint density at radius 3 is 1.17 bits per heavy atom. The number of thioether (sulfide) groups is 2. The topological polar surface area (TPSA) is 179 Å². The van der Waals surface area contributed by atoms with Crippen molar-refractivity contribution < 1.29 is 45.6 Å². The van der Waals surface area contributed by atoms with E-state index >= 15 is 0 Å². The SMILES string of the molecule is O=C(CCCCCC(CSC1CCCCC1)C(O)C(CO)(CO)CO)CCCCCC(CSC1CCCCC1)C(O)C(CO)(CO)CO. The van der Waals surface area contributed by atoms with Gasteiger partial charge in [0.1, 0.15) is 5.78 Å². The predicted octanol–water partition coefficient (Wildman–Crippen LogP) is 4.47. The summed E-state index contributed by atoms with van der Waals surface area (Å²) in [7, 11) is 0. The van der Waals surface area contributed by atoms with Gasteiger partial charge in [-0.1, -0.05) is 64.2 Å². The van der Waals surface area contributed by atoms with Crippen molar-refractivity contribution in [1.29, 1.82) is 0 Å². The second-order valence-corrected chi connectivity index (χ2v) is 17.7. The third kappa shape index (κ3) is 14.6. The van der Waals surface area contributed by atoms with Gasteiger partial charge in [-0.3, -0.25) is 4.79 Å². The predicted molar refractivity (Wildman–Crippen MR) is 196 cm³/mol. The summed E-state index contributed by atoms with van der Waals surface area (Å²) in [4.78, 5) is 12.7. The van der Waals surface area contributed by atoms with Gasteiger partial charge in [0.2, 0.25) is 0 Å². The molecule has 2 saturated carbocycles. The van der Waals surface area contributed by atoms with Gasteiger partial charge in [0, 0.05) is 23.3 Å². The fraction of sp³-hybridized carbons (Fsp3) is 0.973. The standard InChI is InChI=1S/C37H70O9S2/c38-23-36(24-39,25-40)34(45)29(21-47-32-17-9-3-10-18-32)13-5-1-7-15-31(44)16-8-2-6-14-30(22-48-33-19-11-4-12-20-33)35(46)37(26-41,27-42)28-43/h29-30,32-35,38-43,45-46H,1-28H2. The average Bonchev–Trinajstić information content (AvgIpc) is 3.13. The van der Waals surface area contributed by atoms with Gasteiger partial charge in [0.15, 0.2) is 0 Å². The van der Waals surface area contributed by atoms with Crippen LogP contribution in [0.25, 0.3) is 0 Å². The first kappa shape index (κ1) is 44.2. The molecular weight excluding hydrogens is 653 g/mol. The zero-order valence-electron chi connectivity index (χ0n) is 29.6. The number of unbranched alkanes of at least 4 members (excludes halogenated alkanes) is 4. The summed E-state index contributed by atoms with van der Waals surface area (Å²) in [6.07, 6.45) is 17.6. The maximum atomic E-state index is 12.7. The summed E-state index contributed by atoms with van der Waals surface area (Å²) < 4.78 is 0. The molecule has 2 aliphatic rings. The van der Waals surface area contributed by atoms with E-state index in [1.807, 2.05) is 23.5 Å². The molecule has 0 radical (unpaired) electrons. The fourth-order valence-electron chi connectivity index (χ4n) is 7.44. The van der Waals surface area contributed by atoms with Crippen molar-refractivity contribution in [3.8, 4) is 0 Å². The minimum Gasteiger partial charge on any atom is -0.396 e. The third-order valence-electron chi connectivity index (χ3n) is 11.3. The van der Waals surface area contributed by atoms with Crippen LogP contribution in [0.2, 0.25) is 0 Å². The molecule has 4 unspecified atom stereocenters. The molecule has 4 atom stereocenters. The second-order valence-electron chi connectivity index (χ2n) is 15.0. The van der Waals surface area contributed by atoms with Gasteiger partial charge in [0.05, 0.1) is 62.7 Å². The number of rotatable bonds is 28. The summed E-state index contributed by atoms with van der Waals surface area (Å²) >= 11 is 3.74. The quantitative estimate of drug-likeness (QED) is 0.0535. The Balaban J connectivity index is 1.75. The molecule has 0 aliphatic heterocycles. The molecule has 2 fully saturated rings. The van der Waals surface area contributed by atoms with Gasteiger partial charge in [-0.25, -0.2) is 0 Å². The highest BCUT2D eigenvalue weighted by Crippen LogP contribution is 2.37. The Labute approximate surface area is 299 Å². The molecule has 2 aliphatic carbocycles. The van der Waals surface area contributed by atoms with Crippen LogP contribution in [0.4, 0.5) is 0 Å². The fourth-order valence-corrected chi connectivity index (χ4v) is 10.5. The summed E-state index contributed by atoms with van der Waals surface area (Å²) in [5, 5.41) is 83.0. The molecule has 0 amide bonds. The van der Waals surface area contributed by atoms with Crippen LogP contribution in [-0.4, -0.2) is 120 Å². The number of aliphatic hydroxyl groups excluding tert-OH is 8. The lowest BCUT2D eigenvalue weighted by atomic mass is 9.77. The smallest absolute Gasteiger partial charge is 0.132 e. The van der Waals surface area contributed by atoms with E-state index in [2.05, 4.69) is 0 Å².